The lowest BCUT2D eigenvalue weighted by atomic mass is 9.84. The van der Waals surface area contributed by atoms with E-state index >= 15 is 0 Å². The number of aliphatic hydroxyl groups excluding tert-OH is 1. The topological polar surface area (TPSA) is 37.3 Å². The Labute approximate surface area is 70.4 Å². The highest BCUT2D eigenvalue weighted by Crippen LogP contribution is 2.40. The monoisotopic (exact) mass is 172 g/mol. The molecule has 11 heavy (non-hydrogen) atoms. The highest BCUT2D eigenvalue weighted by Gasteiger charge is 2.42. The molecule has 1 saturated carbocycles. The van der Waals surface area contributed by atoms with Gasteiger partial charge in [0.15, 0.2) is 0 Å². The predicted molar refractivity (Wildman–Crippen MR) is 44.6 cm³/mol. The number of rotatable bonds is 0. The Hall–Kier alpha value is -0.0200. The van der Waals surface area contributed by atoms with Gasteiger partial charge in [0.1, 0.15) is 5.78 Å². The summed E-state index contributed by atoms with van der Waals surface area (Å²) in [4.78, 5) is 11.3. The molecular formula is C8H12O2S. The van der Waals surface area contributed by atoms with Crippen LogP contribution in [-0.4, -0.2) is 28.0 Å². The van der Waals surface area contributed by atoms with Crippen LogP contribution in [0.25, 0.3) is 0 Å². The van der Waals surface area contributed by atoms with Gasteiger partial charge in [0.25, 0.3) is 0 Å². The predicted octanol–water partition coefficient (Wildman–Crippen LogP) is 0.832. The summed E-state index contributed by atoms with van der Waals surface area (Å²) >= 11 is 1.77. The third kappa shape index (κ3) is 1.20. The largest absolute Gasteiger partial charge is 0.391 e. The van der Waals surface area contributed by atoms with Crippen molar-refractivity contribution in [2.75, 3.05) is 5.75 Å². The number of hydrogen-bond acceptors (Lipinski definition) is 3. The van der Waals surface area contributed by atoms with Crippen LogP contribution in [0.2, 0.25) is 0 Å². The molecule has 2 nitrogen and oxygen atoms in total. The van der Waals surface area contributed by atoms with Gasteiger partial charge < -0.3 is 5.11 Å². The van der Waals surface area contributed by atoms with Crippen molar-refractivity contribution in [3.8, 4) is 0 Å². The van der Waals surface area contributed by atoms with Gasteiger partial charge in [-0.25, -0.2) is 0 Å². The fourth-order valence-electron chi connectivity index (χ4n) is 2.01. The van der Waals surface area contributed by atoms with Crippen molar-refractivity contribution in [3.05, 3.63) is 0 Å². The highest BCUT2D eigenvalue weighted by atomic mass is 32.2. The maximum atomic E-state index is 11.3. The molecule has 1 N–H and O–H groups in total. The van der Waals surface area contributed by atoms with Crippen LogP contribution in [0.3, 0.4) is 0 Å². The summed E-state index contributed by atoms with van der Waals surface area (Å²) in [5, 5.41) is 9.89. The SMILES string of the molecule is O=C1CCC[C@@H]2SC[C@H](O)[C@H]12. The molecule has 2 rings (SSSR count). The quantitative estimate of drug-likeness (QED) is 0.588. The molecule has 62 valence electrons. The minimum atomic E-state index is -0.349. The first-order valence-corrected chi connectivity index (χ1v) is 5.16. The van der Waals surface area contributed by atoms with Gasteiger partial charge in [0.05, 0.1) is 12.0 Å². The van der Waals surface area contributed by atoms with Gasteiger partial charge in [-0.3, -0.25) is 4.79 Å². The Balaban J connectivity index is 2.14. The molecule has 0 radical (unpaired) electrons. The lowest BCUT2D eigenvalue weighted by molar-refractivity contribution is -0.127. The van der Waals surface area contributed by atoms with Crippen LogP contribution in [0, 0.1) is 5.92 Å². The number of ketones is 1. The van der Waals surface area contributed by atoms with Gasteiger partial charge in [-0.15, -0.1) is 0 Å². The van der Waals surface area contributed by atoms with Crippen LogP contribution >= 0.6 is 11.8 Å². The van der Waals surface area contributed by atoms with Crippen molar-refractivity contribution in [2.24, 2.45) is 5.92 Å². The maximum absolute atomic E-state index is 11.3. The molecule has 1 aliphatic heterocycles. The van der Waals surface area contributed by atoms with Crippen molar-refractivity contribution in [2.45, 2.75) is 30.6 Å². The van der Waals surface area contributed by atoms with E-state index < -0.39 is 0 Å². The van der Waals surface area contributed by atoms with Crippen LogP contribution < -0.4 is 0 Å². The zero-order valence-electron chi connectivity index (χ0n) is 6.32. The van der Waals surface area contributed by atoms with Crippen molar-refractivity contribution in [3.63, 3.8) is 0 Å². The average molecular weight is 172 g/mol. The van der Waals surface area contributed by atoms with Gasteiger partial charge >= 0.3 is 0 Å². The molecule has 1 saturated heterocycles. The number of carbonyl (C=O) groups excluding carboxylic acids is 1. The first-order valence-electron chi connectivity index (χ1n) is 4.11. The van der Waals surface area contributed by atoms with Gasteiger partial charge in [0, 0.05) is 17.4 Å². The Kier molecular flexibility index (Phi) is 1.93. The molecule has 0 unspecified atom stereocenters. The van der Waals surface area contributed by atoms with Gasteiger partial charge in [0.2, 0.25) is 0 Å². The molecular weight excluding hydrogens is 160 g/mol. The van der Waals surface area contributed by atoms with Crippen molar-refractivity contribution in [1.29, 1.82) is 0 Å². The smallest absolute Gasteiger partial charge is 0.139 e. The molecule has 3 heteroatoms. The first-order chi connectivity index (χ1) is 5.29. The Morgan fingerprint density at radius 2 is 2.36 bits per heavy atom. The van der Waals surface area contributed by atoms with Gasteiger partial charge in [-0.1, -0.05) is 0 Å². The van der Waals surface area contributed by atoms with E-state index in [2.05, 4.69) is 0 Å². The molecule has 0 amide bonds. The summed E-state index contributed by atoms with van der Waals surface area (Å²) in [7, 11) is 0. The Morgan fingerprint density at radius 1 is 1.55 bits per heavy atom. The van der Waals surface area contributed by atoms with E-state index in [-0.39, 0.29) is 12.0 Å². The van der Waals surface area contributed by atoms with Crippen molar-refractivity contribution < 1.29 is 9.90 Å². The fraction of sp³-hybridized carbons (Fsp3) is 0.875. The van der Waals surface area contributed by atoms with Crippen LogP contribution in [0.4, 0.5) is 0 Å². The van der Waals surface area contributed by atoms with E-state index in [0.717, 1.165) is 18.6 Å². The lowest BCUT2D eigenvalue weighted by Crippen LogP contribution is -2.34. The van der Waals surface area contributed by atoms with Crippen LogP contribution in [-0.2, 0) is 4.79 Å². The summed E-state index contributed by atoms with van der Waals surface area (Å²) < 4.78 is 0. The average Bonchev–Trinajstić information content (AvgIpc) is 2.34. The third-order valence-electron chi connectivity index (χ3n) is 2.58. The van der Waals surface area contributed by atoms with Crippen molar-refractivity contribution >= 4 is 17.5 Å². The summed E-state index contributed by atoms with van der Waals surface area (Å²) in [6.45, 7) is 0. The van der Waals surface area contributed by atoms with E-state index in [1.807, 2.05) is 0 Å². The summed E-state index contributed by atoms with van der Waals surface area (Å²) in [5.74, 6) is 1.04. The van der Waals surface area contributed by atoms with E-state index in [1.165, 1.54) is 0 Å². The van der Waals surface area contributed by atoms with E-state index in [4.69, 9.17) is 0 Å². The highest BCUT2D eigenvalue weighted by molar-refractivity contribution is 8.00. The van der Waals surface area contributed by atoms with Crippen LogP contribution in [0.15, 0.2) is 0 Å². The molecule has 1 aliphatic carbocycles. The van der Waals surface area contributed by atoms with E-state index in [1.54, 1.807) is 11.8 Å². The summed E-state index contributed by atoms with van der Waals surface area (Å²) in [5.41, 5.74) is 0. The fourth-order valence-corrected chi connectivity index (χ4v) is 3.53. The normalized spacial score (nSPS) is 44.1. The summed E-state index contributed by atoms with van der Waals surface area (Å²) in [6.07, 6.45) is 2.49. The molecule has 0 aromatic rings. The molecule has 0 bridgehead atoms. The molecule has 3 atom stereocenters. The number of hydrogen-bond donors (Lipinski definition) is 1. The second-order valence-corrected chi connectivity index (χ2v) is 4.60. The molecule has 2 fully saturated rings. The number of fused-ring (bicyclic) bond motifs is 1. The first kappa shape index (κ1) is 7.62. The number of carbonyl (C=O) groups is 1. The lowest BCUT2D eigenvalue weighted by Gasteiger charge is -2.24. The molecule has 0 aromatic heterocycles. The van der Waals surface area contributed by atoms with Crippen molar-refractivity contribution in [1.82, 2.24) is 0 Å². The Morgan fingerprint density at radius 3 is 3.09 bits per heavy atom. The van der Waals surface area contributed by atoms with Crippen LogP contribution in [0.1, 0.15) is 19.3 Å². The van der Waals surface area contributed by atoms with Crippen LogP contribution in [0.5, 0.6) is 0 Å². The zero-order valence-corrected chi connectivity index (χ0v) is 7.14. The minimum Gasteiger partial charge on any atom is -0.391 e. The standard InChI is InChI=1S/C8H12O2S/c9-5-2-1-3-7-8(5)6(10)4-11-7/h6-8,10H,1-4H2/t6-,7-,8-/m0/s1. The number of Topliss-reactive ketones (excluding diaryl/α,β-unsaturated/α-hetero) is 1. The number of aliphatic hydroxyl groups is 1. The molecule has 1 heterocycles. The zero-order chi connectivity index (χ0) is 7.84. The van der Waals surface area contributed by atoms with Gasteiger partial charge in [-0.2, -0.15) is 11.8 Å². The second-order valence-electron chi connectivity index (χ2n) is 3.32. The van der Waals surface area contributed by atoms with E-state index in [0.29, 0.717) is 17.5 Å². The minimum absolute atomic E-state index is 0.0197. The second kappa shape index (κ2) is 2.79. The number of thioether (sulfide) groups is 1. The molecule has 2 aliphatic rings. The van der Waals surface area contributed by atoms with E-state index in [9.17, 15) is 9.90 Å². The Bertz CT molecular complexity index is 179. The third-order valence-corrected chi connectivity index (χ3v) is 4.07. The van der Waals surface area contributed by atoms with Gasteiger partial charge in [-0.05, 0) is 12.8 Å². The molecule has 0 aromatic carbocycles. The molecule has 0 spiro atoms. The maximum Gasteiger partial charge on any atom is 0.139 e. The summed E-state index contributed by atoms with van der Waals surface area (Å²) in [6, 6.07) is 0.